The lowest BCUT2D eigenvalue weighted by atomic mass is 10.1. The highest BCUT2D eigenvalue weighted by molar-refractivity contribution is 8.00. The molecule has 3 rings (SSSR count). The molecule has 2 heterocycles. The number of nitrogens with zero attached hydrogens (tertiary/aromatic N) is 4. The Morgan fingerprint density at radius 3 is 3.00 bits per heavy atom. The van der Waals surface area contributed by atoms with Crippen molar-refractivity contribution in [3.8, 4) is 0 Å². The van der Waals surface area contributed by atoms with Crippen molar-refractivity contribution in [3.05, 3.63) is 17.5 Å². The first kappa shape index (κ1) is 13.0. The van der Waals surface area contributed by atoms with Crippen LogP contribution in [-0.2, 0) is 0 Å². The first-order valence-electron chi connectivity index (χ1n) is 6.38. The highest BCUT2D eigenvalue weighted by Gasteiger charge is 2.32. The van der Waals surface area contributed by atoms with Crippen LogP contribution in [0.25, 0.3) is 5.78 Å². The van der Waals surface area contributed by atoms with Gasteiger partial charge in [-0.3, -0.25) is 0 Å². The summed E-state index contributed by atoms with van der Waals surface area (Å²) in [6.07, 6.45) is 8.85. The SMILES string of the molecule is CSC1(CNc2cc(Cl)nc3ncnn23)CCCC1. The molecular formula is C12H16ClN5S. The number of rotatable bonds is 4. The molecule has 7 heteroatoms. The Labute approximate surface area is 121 Å². The Kier molecular flexibility index (Phi) is 3.54. The van der Waals surface area contributed by atoms with E-state index >= 15 is 0 Å². The Balaban J connectivity index is 1.83. The summed E-state index contributed by atoms with van der Waals surface area (Å²) in [5.41, 5.74) is 0. The van der Waals surface area contributed by atoms with Crippen molar-refractivity contribution in [3.63, 3.8) is 0 Å². The van der Waals surface area contributed by atoms with E-state index in [1.165, 1.54) is 32.0 Å². The number of halogens is 1. The molecule has 1 aliphatic rings. The zero-order chi connectivity index (χ0) is 13.3. The molecule has 1 aliphatic carbocycles. The fraction of sp³-hybridized carbons (Fsp3) is 0.583. The van der Waals surface area contributed by atoms with Gasteiger partial charge in [0.1, 0.15) is 17.3 Å². The maximum absolute atomic E-state index is 6.01. The molecule has 1 saturated carbocycles. The van der Waals surface area contributed by atoms with Crippen molar-refractivity contribution < 1.29 is 0 Å². The average Bonchev–Trinajstić information content (AvgIpc) is 3.05. The topological polar surface area (TPSA) is 55.1 Å². The first-order chi connectivity index (χ1) is 9.22. The van der Waals surface area contributed by atoms with Crippen LogP contribution in [0, 0.1) is 0 Å². The second-order valence-electron chi connectivity index (χ2n) is 4.88. The molecule has 2 aromatic rings. The molecule has 2 aromatic heterocycles. The Morgan fingerprint density at radius 1 is 1.47 bits per heavy atom. The fourth-order valence-electron chi connectivity index (χ4n) is 2.63. The minimum atomic E-state index is 0.336. The molecule has 0 atom stereocenters. The number of anilines is 1. The minimum Gasteiger partial charge on any atom is -0.368 e. The molecule has 19 heavy (non-hydrogen) atoms. The zero-order valence-corrected chi connectivity index (χ0v) is 12.3. The fourth-order valence-corrected chi connectivity index (χ4v) is 3.73. The maximum Gasteiger partial charge on any atom is 0.255 e. The van der Waals surface area contributed by atoms with Gasteiger partial charge in [0.15, 0.2) is 0 Å². The van der Waals surface area contributed by atoms with Crippen LogP contribution in [0.3, 0.4) is 0 Å². The van der Waals surface area contributed by atoms with E-state index in [1.807, 2.05) is 11.8 Å². The van der Waals surface area contributed by atoms with E-state index in [0.717, 1.165) is 12.4 Å². The number of fused-ring (bicyclic) bond motifs is 1. The number of hydrogen-bond donors (Lipinski definition) is 1. The van der Waals surface area contributed by atoms with Gasteiger partial charge in [-0.25, -0.2) is 0 Å². The van der Waals surface area contributed by atoms with Crippen LogP contribution in [0.4, 0.5) is 5.82 Å². The second kappa shape index (κ2) is 5.17. The van der Waals surface area contributed by atoms with Crippen molar-refractivity contribution in [2.75, 3.05) is 18.1 Å². The zero-order valence-electron chi connectivity index (χ0n) is 10.8. The number of hydrogen-bond acceptors (Lipinski definition) is 5. The molecule has 5 nitrogen and oxygen atoms in total. The average molecular weight is 298 g/mol. The van der Waals surface area contributed by atoms with Gasteiger partial charge in [0.25, 0.3) is 5.78 Å². The van der Waals surface area contributed by atoms with Gasteiger partial charge in [-0.1, -0.05) is 24.4 Å². The summed E-state index contributed by atoms with van der Waals surface area (Å²) in [6, 6.07) is 1.80. The molecule has 1 N–H and O–H groups in total. The third kappa shape index (κ3) is 2.51. The summed E-state index contributed by atoms with van der Waals surface area (Å²) in [5, 5.41) is 8.07. The maximum atomic E-state index is 6.01. The van der Waals surface area contributed by atoms with E-state index in [0.29, 0.717) is 15.7 Å². The minimum absolute atomic E-state index is 0.336. The van der Waals surface area contributed by atoms with Gasteiger partial charge in [-0.15, -0.1) is 0 Å². The van der Waals surface area contributed by atoms with Crippen molar-refractivity contribution in [2.45, 2.75) is 30.4 Å². The van der Waals surface area contributed by atoms with Crippen LogP contribution < -0.4 is 5.32 Å². The summed E-state index contributed by atoms with van der Waals surface area (Å²) in [4.78, 5) is 8.19. The Morgan fingerprint density at radius 2 is 2.26 bits per heavy atom. The molecule has 0 aliphatic heterocycles. The summed E-state index contributed by atoms with van der Waals surface area (Å²) < 4.78 is 2.03. The molecule has 1 fully saturated rings. The van der Waals surface area contributed by atoms with Crippen molar-refractivity contribution in [1.29, 1.82) is 0 Å². The molecule has 102 valence electrons. The molecule has 0 aromatic carbocycles. The van der Waals surface area contributed by atoms with Crippen molar-refractivity contribution in [1.82, 2.24) is 19.6 Å². The number of aromatic nitrogens is 4. The van der Waals surface area contributed by atoms with Crippen LogP contribution in [-0.4, -0.2) is 37.1 Å². The second-order valence-corrected chi connectivity index (χ2v) is 6.55. The molecular weight excluding hydrogens is 282 g/mol. The summed E-state index contributed by atoms with van der Waals surface area (Å²) in [5.74, 6) is 1.38. The lowest BCUT2D eigenvalue weighted by Gasteiger charge is -2.27. The van der Waals surface area contributed by atoms with Gasteiger partial charge in [0.2, 0.25) is 0 Å². The van der Waals surface area contributed by atoms with E-state index < -0.39 is 0 Å². The predicted molar refractivity (Wildman–Crippen MR) is 79.0 cm³/mol. The van der Waals surface area contributed by atoms with E-state index in [2.05, 4.69) is 26.6 Å². The summed E-state index contributed by atoms with van der Waals surface area (Å²) in [7, 11) is 0. The highest BCUT2D eigenvalue weighted by atomic mass is 35.5. The molecule has 0 amide bonds. The van der Waals surface area contributed by atoms with Gasteiger partial charge in [0.05, 0.1) is 0 Å². The normalized spacial score (nSPS) is 18.0. The number of thioether (sulfide) groups is 1. The Hall–Kier alpha value is -1.01. The van der Waals surface area contributed by atoms with Gasteiger partial charge < -0.3 is 5.32 Å². The van der Waals surface area contributed by atoms with E-state index in [9.17, 15) is 0 Å². The van der Waals surface area contributed by atoms with Gasteiger partial charge in [-0.05, 0) is 19.1 Å². The van der Waals surface area contributed by atoms with E-state index in [1.54, 1.807) is 10.6 Å². The standard InChI is InChI=1S/C12H16ClN5S/c1-19-12(4-2-3-5-12)7-14-10-6-9(13)17-11-15-8-16-18(10)11/h6,8,14H,2-5,7H2,1H3. The monoisotopic (exact) mass is 297 g/mol. The van der Waals surface area contributed by atoms with Crippen molar-refractivity contribution in [2.24, 2.45) is 0 Å². The molecule has 0 bridgehead atoms. The van der Waals surface area contributed by atoms with E-state index in [-0.39, 0.29) is 0 Å². The third-order valence-corrected chi connectivity index (χ3v) is 5.37. The van der Waals surface area contributed by atoms with Crippen LogP contribution >= 0.6 is 23.4 Å². The van der Waals surface area contributed by atoms with Crippen molar-refractivity contribution >= 4 is 35.0 Å². The smallest absolute Gasteiger partial charge is 0.255 e. The quantitative estimate of drug-likeness (QED) is 0.880. The lowest BCUT2D eigenvalue weighted by molar-refractivity contribution is 0.637. The largest absolute Gasteiger partial charge is 0.368 e. The molecule has 0 spiro atoms. The first-order valence-corrected chi connectivity index (χ1v) is 7.98. The summed E-state index contributed by atoms with van der Waals surface area (Å²) >= 11 is 7.96. The van der Waals surface area contributed by atoms with Gasteiger partial charge in [-0.2, -0.15) is 31.3 Å². The van der Waals surface area contributed by atoms with Gasteiger partial charge >= 0.3 is 0 Å². The van der Waals surface area contributed by atoms with Crippen LogP contribution in [0.1, 0.15) is 25.7 Å². The summed E-state index contributed by atoms with van der Waals surface area (Å²) in [6.45, 7) is 0.920. The predicted octanol–water partition coefficient (Wildman–Crippen LogP) is 2.87. The molecule has 0 unspecified atom stereocenters. The number of nitrogens with one attached hydrogen (secondary N) is 1. The highest BCUT2D eigenvalue weighted by Crippen LogP contribution is 2.40. The Bertz CT molecular complexity index is 579. The molecule has 0 saturated heterocycles. The van der Waals surface area contributed by atoms with Crippen LogP contribution in [0.2, 0.25) is 5.15 Å². The third-order valence-electron chi connectivity index (χ3n) is 3.76. The van der Waals surface area contributed by atoms with Crippen LogP contribution in [0.15, 0.2) is 12.4 Å². The molecule has 0 radical (unpaired) electrons. The van der Waals surface area contributed by atoms with Gasteiger partial charge in [0, 0.05) is 17.4 Å². The van der Waals surface area contributed by atoms with E-state index in [4.69, 9.17) is 11.6 Å². The lowest BCUT2D eigenvalue weighted by Crippen LogP contribution is -2.30. The van der Waals surface area contributed by atoms with Crippen LogP contribution in [0.5, 0.6) is 0 Å².